The number of nitrogens with one attached hydrogen (secondary N) is 11. The fraction of sp³-hybridized carbons (Fsp3) is 0.703. The lowest BCUT2D eigenvalue weighted by Crippen LogP contribution is -2.62. The van der Waals surface area contributed by atoms with E-state index in [9.17, 15) is 81.5 Å². The molecule has 7 aliphatic carbocycles. The number of rotatable bonds is 36. The number of urea groups is 1. The van der Waals surface area contributed by atoms with Gasteiger partial charge in [0, 0.05) is 74.2 Å². The van der Waals surface area contributed by atoms with E-state index in [1.165, 1.54) is 58.1 Å². The van der Waals surface area contributed by atoms with Crippen LogP contribution >= 0.6 is 11.6 Å². The van der Waals surface area contributed by atoms with E-state index in [4.69, 9.17) is 26.2 Å². The van der Waals surface area contributed by atoms with Crippen LogP contribution in [0.4, 0.5) is 4.79 Å². The molecule has 38 nitrogen and oxygen atoms in total. The van der Waals surface area contributed by atoms with Gasteiger partial charge in [-0.05, 0) is 173 Å². The number of piperidine rings is 1. The molecule has 10 fully saturated rings. The molecule has 1 unspecified atom stereocenters. The number of likely N-dealkylation sites (tertiary alicyclic amines) is 3. The summed E-state index contributed by atoms with van der Waals surface area (Å²) in [5, 5.41) is 30.5. The quantitative estimate of drug-likeness (QED) is 0.0259. The number of halogens is 1. The van der Waals surface area contributed by atoms with Crippen LogP contribution in [0.15, 0.2) is 55.5 Å². The van der Waals surface area contributed by atoms with Crippen LogP contribution < -0.4 is 69.0 Å². The SMILES string of the molecule is [2H][C@@](CC1CCC1)(NC(=O)C1[C@@H]2[C@H](CN1C(=O)[C@@H](NC(=O)NC(C)(C)C)C(C)(C)C)C2(C)C)C(=O)C(N)=O.[2H][C@@](CCC)(NC(=O)[C@@H]1C[C@@H](Oc2ccc(Cl)cn2)CN1C(=O)[C@@H](NC(=O)[C@@H](NC(=O)c1cnccn1)C1CCCCC1)C(C)(C)C)C(=O)C(=O)NC1CC1.[2H][C@@](CCC)(NC(=O)[C@@H]1[C@H]2CCC[C@H]2CN1C(=O)[C@@H](NC(=O)[C@@H](NC(=O)c1cnccn1)C1CCCCC1)C(C)(C)C)C(=O)C(=O)NC1CC1. The smallest absolute Gasteiger partial charge is 0.315 e. The zero-order chi connectivity index (χ0) is 105. The van der Waals surface area contributed by atoms with Crippen molar-refractivity contribution in [3.63, 3.8) is 0 Å². The Morgan fingerprint density at radius 3 is 1.38 bits per heavy atom. The third kappa shape index (κ3) is 28.8. The average molecular weight is 1970 g/mol. The summed E-state index contributed by atoms with van der Waals surface area (Å²) in [5.74, 6) is -12.4. The third-order valence-corrected chi connectivity index (χ3v) is 28.7. The maximum Gasteiger partial charge on any atom is 0.315 e. The standard InChI is InChI=1S/C38H51ClN8O7.C36H53N7O6.C27H45N5O5/c1-5-9-26(31(48)36(52)43-24-13-14-24)44-34(50)28-18-25(54-29-15-12-23(39)19-42-29)21-47(28)37(53)32(38(2,3)4)46-35(51)30(22-10-7-6-8-11-22)45-33(49)27-20-40-16-17-41-27;1-5-10-25(29(44)34(48)39-23-15-16-23)40-33(47)28-24-14-9-13-22(24)20-43(28)35(49)30(36(2,3)4)42-32(46)27(21-11-7-6-8-12-21)41-31(45)26-19-37-17-18-38-26;1-25(2,3)20(30-24(37)31-26(4,5)6)23(36)32-13-15-17(27(15,7)8)18(32)22(35)29-16(19(33)21(28)34)12-14-10-9-11-14/h12,15-17,19-20,22,24-26,28,30,32H,5-11,13-14,18,21H2,1-4H3,(H,43,52)(H,44,50)(H,45,49)(H,46,51);17-19,21-25,27-28,30H,5-16,20H2,1-4H3,(H,39,48)(H,40,47)(H,41,45)(H,42,46);14-18,20H,9-13H2,1-8H3,(H2,28,34)(H,29,35)(H2,30,31,37)/t25-,26+,28+,30+,32-;22-,24-,25-,27-,28-,30+;15-,16-,17-,18?,20+/m100/s1/i26D;25D;16D. The highest BCUT2D eigenvalue weighted by Crippen LogP contribution is 2.65. The fourth-order valence-electron chi connectivity index (χ4n) is 20.3. The monoisotopic (exact) mass is 1970 g/mol. The number of pyridine rings is 1. The molecular formula is C101H149ClN20O18. The van der Waals surface area contributed by atoms with E-state index >= 15 is 0 Å². The average Bonchev–Trinajstić information content (AvgIpc) is 1.52. The van der Waals surface area contributed by atoms with E-state index in [0.717, 1.165) is 109 Å². The summed E-state index contributed by atoms with van der Waals surface area (Å²) < 4.78 is 32.8. The number of hydrogen-bond acceptors (Lipinski definition) is 23. The van der Waals surface area contributed by atoms with Crippen molar-refractivity contribution >= 4 is 112 Å². The van der Waals surface area contributed by atoms with Gasteiger partial charge in [0.05, 0.1) is 46.1 Å². The van der Waals surface area contributed by atoms with Crippen molar-refractivity contribution in [3.05, 3.63) is 71.9 Å². The highest BCUT2D eigenvalue weighted by atomic mass is 35.5. The van der Waals surface area contributed by atoms with Crippen LogP contribution in [-0.2, 0) is 67.1 Å². The van der Waals surface area contributed by atoms with E-state index in [1.54, 1.807) is 46.8 Å². The number of carbonyl (C=O) groups excluding carboxylic acids is 17. The first-order valence-corrected chi connectivity index (χ1v) is 50.4. The number of ether oxygens (including phenoxy) is 1. The van der Waals surface area contributed by atoms with E-state index in [1.807, 2.05) is 76.2 Å². The number of fused-ring (bicyclic) bond motifs is 2. The van der Waals surface area contributed by atoms with Crippen molar-refractivity contribution in [2.45, 2.75) is 368 Å². The topological polar surface area (TPSA) is 532 Å². The molecule has 7 saturated carbocycles. The van der Waals surface area contributed by atoms with Crippen LogP contribution in [0.5, 0.6) is 5.88 Å². The molecule has 140 heavy (non-hydrogen) atoms. The van der Waals surface area contributed by atoms with Crippen LogP contribution in [0.1, 0.15) is 303 Å². The maximum atomic E-state index is 14.7. The number of nitrogens with two attached hydrogens (primary N) is 1. The second-order valence-corrected chi connectivity index (χ2v) is 44.8. The maximum absolute atomic E-state index is 14.7. The number of nitrogens with zero attached hydrogens (tertiary/aromatic N) is 8. The van der Waals surface area contributed by atoms with Crippen LogP contribution in [0.2, 0.25) is 5.02 Å². The van der Waals surface area contributed by atoms with Gasteiger partial charge in [0.1, 0.15) is 65.8 Å². The second kappa shape index (κ2) is 47.1. The first-order valence-electron chi connectivity index (χ1n) is 51.6. The van der Waals surface area contributed by atoms with Crippen molar-refractivity contribution in [2.75, 3.05) is 19.6 Å². The van der Waals surface area contributed by atoms with Gasteiger partial charge in [-0.15, -0.1) is 0 Å². The number of Topliss-reactive ketones (excluding diaryl/α,β-unsaturated/α-hetero) is 3. The molecule has 13 N–H and O–H groups in total. The van der Waals surface area contributed by atoms with Gasteiger partial charge < -0.3 is 83.7 Å². The van der Waals surface area contributed by atoms with Gasteiger partial charge in [0.2, 0.25) is 70.5 Å². The molecule has 3 aliphatic heterocycles. The van der Waals surface area contributed by atoms with Crippen molar-refractivity contribution < 1.29 is 90.4 Å². The first-order chi connectivity index (χ1) is 67.0. The Bertz CT molecular complexity index is 5150. The van der Waals surface area contributed by atoms with Gasteiger partial charge in [-0.1, -0.05) is 179 Å². The molecule has 3 aromatic rings. The molecule has 768 valence electrons. The molecule has 0 aromatic carbocycles. The van der Waals surface area contributed by atoms with Crippen LogP contribution in [0.25, 0.3) is 0 Å². The summed E-state index contributed by atoms with van der Waals surface area (Å²) in [6, 6.07) is -12.5. The molecule has 0 bridgehead atoms. The largest absolute Gasteiger partial charge is 0.472 e. The molecule has 16 atom stereocenters. The van der Waals surface area contributed by atoms with E-state index in [-0.39, 0.29) is 108 Å². The number of aromatic nitrogens is 5. The number of carbonyl (C=O) groups is 17. The number of primary amides is 1. The second-order valence-electron chi connectivity index (χ2n) is 44.4. The van der Waals surface area contributed by atoms with E-state index < -0.39 is 194 Å². The third-order valence-electron chi connectivity index (χ3n) is 28.5. The lowest BCUT2D eigenvalue weighted by atomic mass is 9.80. The van der Waals surface area contributed by atoms with Gasteiger partial charge in [-0.3, -0.25) is 86.7 Å². The lowest BCUT2D eigenvalue weighted by Gasteiger charge is -2.38. The molecule has 0 radical (unpaired) electrons. The van der Waals surface area contributed by atoms with E-state index in [2.05, 4.69) is 83.4 Å². The van der Waals surface area contributed by atoms with Crippen LogP contribution in [0.3, 0.4) is 0 Å². The Balaban J connectivity index is 0.000000208. The zero-order valence-corrected chi connectivity index (χ0v) is 84.7. The predicted octanol–water partition coefficient (Wildman–Crippen LogP) is 7.07. The highest BCUT2D eigenvalue weighted by molar-refractivity contribution is 6.39. The molecule has 39 heteroatoms. The summed E-state index contributed by atoms with van der Waals surface area (Å²) in [6.07, 6.45) is 25.9. The normalized spacial score (nSPS) is 24.4. The summed E-state index contributed by atoms with van der Waals surface area (Å²) in [5.41, 5.74) is 2.31. The van der Waals surface area contributed by atoms with Gasteiger partial charge in [-0.2, -0.15) is 0 Å². The molecule has 3 aromatic heterocycles. The Hall–Kier alpha value is -11.2. The minimum atomic E-state index is -2.29. The Kier molecular flexibility index (Phi) is 35.2. The van der Waals surface area contributed by atoms with E-state index in [0.29, 0.717) is 50.2 Å². The first kappa shape index (κ1) is 105. The molecule has 13 rings (SSSR count). The van der Waals surface area contributed by atoms with Crippen molar-refractivity contribution in [1.82, 2.24) is 98.1 Å². The predicted molar refractivity (Wildman–Crippen MR) is 518 cm³/mol. The summed E-state index contributed by atoms with van der Waals surface area (Å²) >= 11 is 6.01. The minimum Gasteiger partial charge on any atom is -0.472 e. The van der Waals surface area contributed by atoms with Gasteiger partial charge >= 0.3 is 6.03 Å². The van der Waals surface area contributed by atoms with Crippen molar-refractivity contribution in [2.24, 2.45) is 68.8 Å². The molecular weight excluding hydrogens is 1820 g/mol. The fourth-order valence-corrected chi connectivity index (χ4v) is 20.4. The Labute approximate surface area is 830 Å². The number of amides is 15. The van der Waals surface area contributed by atoms with Crippen molar-refractivity contribution in [3.8, 4) is 5.88 Å². The Morgan fingerprint density at radius 1 is 0.493 bits per heavy atom. The van der Waals surface area contributed by atoms with Gasteiger partial charge in [0.25, 0.3) is 29.5 Å². The summed E-state index contributed by atoms with van der Waals surface area (Å²) in [6.45, 7) is 29.9. The minimum absolute atomic E-state index is 0.00217. The lowest BCUT2D eigenvalue weighted by molar-refractivity contribution is -0.146. The molecule has 15 amide bonds. The van der Waals surface area contributed by atoms with Crippen LogP contribution in [0, 0.1) is 63.1 Å². The zero-order valence-electron chi connectivity index (χ0n) is 87.0. The summed E-state index contributed by atoms with van der Waals surface area (Å²) in [4.78, 5) is 254. The molecule has 6 heterocycles. The van der Waals surface area contributed by atoms with Gasteiger partial charge in [0.15, 0.2) is 0 Å². The molecule has 10 aliphatic rings. The van der Waals surface area contributed by atoms with Crippen LogP contribution in [-0.4, -0.2) is 250 Å². The Morgan fingerprint density at radius 2 is 0.950 bits per heavy atom. The van der Waals surface area contributed by atoms with Gasteiger partial charge in [-0.25, -0.2) is 19.7 Å². The van der Waals surface area contributed by atoms with Crippen molar-refractivity contribution in [1.29, 1.82) is 0 Å². The number of ketones is 3. The number of hydrogen-bond donors (Lipinski definition) is 12. The molecule has 3 saturated heterocycles. The highest BCUT2D eigenvalue weighted by Gasteiger charge is 2.70. The summed E-state index contributed by atoms with van der Waals surface area (Å²) in [7, 11) is 0. The molecule has 0 spiro atoms.